The summed E-state index contributed by atoms with van der Waals surface area (Å²) in [4.78, 5) is 48.9. The van der Waals surface area contributed by atoms with E-state index in [1.54, 1.807) is 50.5 Å². The number of ketones is 1. The van der Waals surface area contributed by atoms with Crippen molar-refractivity contribution in [1.82, 2.24) is 14.9 Å². The highest BCUT2D eigenvalue weighted by atomic mass is 35.5. The van der Waals surface area contributed by atoms with Crippen LogP contribution in [0.5, 0.6) is 0 Å². The molecule has 0 spiro atoms. The first-order chi connectivity index (χ1) is 15.7. The molecule has 10 heteroatoms. The first kappa shape index (κ1) is 24.6. The van der Waals surface area contributed by atoms with Gasteiger partial charge in [0.05, 0.1) is 23.0 Å². The van der Waals surface area contributed by atoms with Crippen LogP contribution in [0.1, 0.15) is 33.0 Å². The zero-order valence-corrected chi connectivity index (χ0v) is 20.0. The highest BCUT2D eigenvalue weighted by molar-refractivity contribution is 6.42. The number of halogens is 3. The van der Waals surface area contributed by atoms with Crippen LogP contribution >= 0.6 is 34.8 Å². The fourth-order valence-corrected chi connectivity index (χ4v) is 3.56. The second kappa shape index (κ2) is 10.7. The molecular weight excluding hydrogens is 487 g/mol. The molecule has 2 amide bonds. The van der Waals surface area contributed by atoms with Crippen molar-refractivity contribution in [2.45, 2.75) is 13.0 Å². The van der Waals surface area contributed by atoms with Crippen LogP contribution in [-0.4, -0.2) is 46.6 Å². The van der Waals surface area contributed by atoms with Gasteiger partial charge in [0.2, 0.25) is 11.7 Å². The molecule has 0 aliphatic rings. The van der Waals surface area contributed by atoms with Gasteiger partial charge < -0.3 is 9.80 Å². The lowest BCUT2D eigenvalue weighted by atomic mass is 10.1. The molecule has 1 aromatic heterocycles. The van der Waals surface area contributed by atoms with Gasteiger partial charge in [-0.1, -0.05) is 40.9 Å². The number of hydrogen-bond donors (Lipinski definition) is 0. The van der Waals surface area contributed by atoms with E-state index < -0.39 is 18.1 Å². The van der Waals surface area contributed by atoms with E-state index in [1.807, 2.05) is 0 Å². The normalized spacial score (nSPS) is 10.6. The lowest BCUT2D eigenvalue weighted by Crippen LogP contribution is -2.32. The highest BCUT2D eigenvalue weighted by Crippen LogP contribution is 2.28. The van der Waals surface area contributed by atoms with E-state index in [-0.39, 0.29) is 23.3 Å². The average Bonchev–Trinajstić information content (AvgIpc) is 2.79. The number of benzene rings is 2. The third-order valence-corrected chi connectivity index (χ3v) is 5.56. The largest absolute Gasteiger partial charge is 0.345 e. The molecule has 0 saturated heterocycles. The van der Waals surface area contributed by atoms with Crippen molar-refractivity contribution in [3.05, 3.63) is 86.9 Å². The number of carbonyl (C=O) groups excluding carboxylic acids is 3. The van der Waals surface area contributed by atoms with Gasteiger partial charge in [0, 0.05) is 42.8 Å². The number of aromatic nitrogens is 2. The zero-order valence-electron chi connectivity index (χ0n) is 17.8. The minimum Gasteiger partial charge on any atom is -0.345 e. The topological polar surface area (TPSA) is 83.5 Å². The van der Waals surface area contributed by atoms with Crippen molar-refractivity contribution in [2.24, 2.45) is 0 Å². The van der Waals surface area contributed by atoms with E-state index >= 15 is 0 Å². The molecule has 0 saturated carbocycles. The van der Waals surface area contributed by atoms with E-state index in [9.17, 15) is 14.4 Å². The molecule has 7 nitrogen and oxygen atoms in total. The Kier molecular flexibility index (Phi) is 8.02. The van der Waals surface area contributed by atoms with Crippen molar-refractivity contribution >= 4 is 58.1 Å². The van der Waals surface area contributed by atoms with Crippen molar-refractivity contribution in [3.8, 4) is 0 Å². The van der Waals surface area contributed by atoms with Gasteiger partial charge in [-0.05, 0) is 42.0 Å². The summed E-state index contributed by atoms with van der Waals surface area (Å²) in [5, 5.41) is 0.962. The van der Waals surface area contributed by atoms with Crippen molar-refractivity contribution in [1.29, 1.82) is 0 Å². The summed E-state index contributed by atoms with van der Waals surface area (Å²) in [6, 6.07) is 11.1. The van der Waals surface area contributed by atoms with Crippen LogP contribution in [0.25, 0.3) is 0 Å². The third-order valence-electron chi connectivity index (χ3n) is 4.60. The predicted molar refractivity (Wildman–Crippen MR) is 128 cm³/mol. The molecule has 0 unspecified atom stereocenters. The summed E-state index contributed by atoms with van der Waals surface area (Å²) < 4.78 is 0. The SMILES string of the molecule is CN(C)C(=O)c1cc(Cl)cc(N(Cc2ccc(Cl)c(Cl)c2)C(=O)CC(=O)c2ncccn2)c1. The second-order valence-corrected chi connectivity index (χ2v) is 8.55. The molecule has 170 valence electrons. The first-order valence-electron chi connectivity index (χ1n) is 9.72. The van der Waals surface area contributed by atoms with Crippen LogP contribution in [-0.2, 0) is 11.3 Å². The quantitative estimate of drug-likeness (QED) is 0.335. The molecule has 0 atom stereocenters. The number of anilines is 1. The molecule has 0 radical (unpaired) electrons. The smallest absolute Gasteiger partial charge is 0.253 e. The molecule has 0 fully saturated rings. The molecule has 33 heavy (non-hydrogen) atoms. The van der Waals surface area contributed by atoms with E-state index in [2.05, 4.69) is 9.97 Å². The van der Waals surface area contributed by atoms with Gasteiger partial charge in [0.1, 0.15) is 0 Å². The Morgan fingerprint density at radius 2 is 1.61 bits per heavy atom. The minimum absolute atomic E-state index is 0.0603. The Hall–Kier alpha value is -3.00. The van der Waals surface area contributed by atoms with E-state index in [1.165, 1.54) is 28.3 Å². The van der Waals surface area contributed by atoms with Crippen LogP contribution in [0, 0.1) is 0 Å². The highest BCUT2D eigenvalue weighted by Gasteiger charge is 2.23. The van der Waals surface area contributed by atoms with Gasteiger partial charge in [-0.15, -0.1) is 0 Å². The molecule has 0 aliphatic heterocycles. The van der Waals surface area contributed by atoms with Crippen molar-refractivity contribution in [2.75, 3.05) is 19.0 Å². The predicted octanol–water partition coefficient (Wildman–Crippen LogP) is 4.94. The Labute approximate surface area is 205 Å². The Morgan fingerprint density at radius 3 is 2.24 bits per heavy atom. The van der Waals surface area contributed by atoms with Gasteiger partial charge >= 0.3 is 0 Å². The van der Waals surface area contributed by atoms with Crippen LogP contribution in [0.3, 0.4) is 0 Å². The summed E-state index contributed by atoms with van der Waals surface area (Å²) in [6.45, 7) is 0.0641. The van der Waals surface area contributed by atoms with Crippen LogP contribution in [0.4, 0.5) is 5.69 Å². The second-order valence-electron chi connectivity index (χ2n) is 7.30. The zero-order chi connectivity index (χ0) is 24.1. The summed E-state index contributed by atoms with van der Waals surface area (Å²) in [5.41, 5.74) is 1.32. The monoisotopic (exact) mass is 504 g/mol. The molecule has 0 aliphatic carbocycles. The molecule has 3 aromatic rings. The summed E-state index contributed by atoms with van der Waals surface area (Å²) in [6.07, 6.45) is 2.37. The van der Waals surface area contributed by atoms with Gasteiger partial charge in [-0.25, -0.2) is 9.97 Å². The van der Waals surface area contributed by atoms with Crippen LogP contribution in [0.2, 0.25) is 15.1 Å². The molecule has 0 N–H and O–H groups in total. The maximum atomic E-state index is 13.3. The standard InChI is InChI=1S/C23H19Cl3N4O3/c1-29(2)23(33)15-9-16(24)11-17(10-15)30(13-14-4-5-18(25)19(26)8-14)21(32)12-20(31)22-27-6-3-7-28-22/h3-11H,12-13H2,1-2H3. The van der Waals surface area contributed by atoms with E-state index in [4.69, 9.17) is 34.8 Å². The molecule has 1 heterocycles. The number of nitrogens with zero attached hydrogens (tertiary/aromatic N) is 4. The maximum Gasteiger partial charge on any atom is 0.253 e. The minimum atomic E-state index is -0.536. The maximum absolute atomic E-state index is 13.3. The van der Waals surface area contributed by atoms with Crippen molar-refractivity contribution < 1.29 is 14.4 Å². The fraction of sp³-hybridized carbons (Fsp3) is 0.174. The van der Waals surface area contributed by atoms with Gasteiger partial charge in [-0.2, -0.15) is 0 Å². The summed E-state index contributed by atoms with van der Waals surface area (Å²) in [5.74, 6) is -1.40. The molecule has 3 rings (SSSR count). The average molecular weight is 506 g/mol. The Morgan fingerprint density at radius 1 is 0.909 bits per heavy atom. The number of hydrogen-bond acceptors (Lipinski definition) is 5. The summed E-state index contributed by atoms with van der Waals surface area (Å²) in [7, 11) is 3.22. The van der Waals surface area contributed by atoms with Gasteiger partial charge in [0.25, 0.3) is 5.91 Å². The summed E-state index contributed by atoms with van der Waals surface area (Å²) >= 11 is 18.4. The van der Waals surface area contributed by atoms with Crippen molar-refractivity contribution in [3.63, 3.8) is 0 Å². The van der Waals surface area contributed by atoms with E-state index in [0.29, 0.717) is 26.9 Å². The number of rotatable bonds is 7. The number of Topliss-reactive ketones (excluding diaryl/α,β-unsaturated/α-hetero) is 1. The lowest BCUT2D eigenvalue weighted by Gasteiger charge is -2.24. The van der Waals surface area contributed by atoms with Crippen LogP contribution in [0.15, 0.2) is 54.9 Å². The van der Waals surface area contributed by atoms with Crippen LogP contribution < -0.4 is 4.90 Å². The third kappa shape index (κ3) is 6.28. The molecule has 2 aromatic carbocycles. The first-order valence-corrected chi connectivity index (χ1v) is 10.9. The van der Waals surface area contributed by atoms with E-state index in [0.717, 1.165) is 0 Å². The van der Waals surface area contributed by atoms with Gasteiger partial charge in [0.15, 0.2) is 5.82 Å². The fourth-order valence-electron chi connectivity index (χ4n) is 3.01. The number of amides is 2. The lowest BCUT2D eigenvalue weighted by molar-refractivity contribution is -0.117. The Balaban J connectivity index is 1.99. The van der Waals surface area contributed by atoms with Gasteiger partial charge in [-0.3, -0.25) is 14.4 Å². The number of carbonyl (C=O) groups is 3. The Bertz CT molecular complexity index is 1200. The molecule has 0 bridgehead atoms. The molecular formula is C23H19Cl3N4O3.